The lowest BCUT2D eigenvalue weighted by molar-refractivity contribution is -0.145. The van der Waals surface area contributed by atoms with Crippen molar-refractivity contribution in [3.63, 3.8) is 0 Å². The highest BCUT2D eigenvalue weighted by Crippen LogP contribution is 2.08. The van der Waals surface area contributed by atoms with Gasteiger partial charge in [-0.15, -0.1) is 11.3 Å². The molecule has 18 heavy (non-hydrogen) atoms. The summed E-state index contributed by atoms with van der Waals surface area (Å²) >= 11 is 1.37. The van der Waals surface area contributed by atoms with E-state index in [4.69, 9.17) is 4.74 Å². The number of hydrogen-bond donors (Lipinski definition) is 0. The number of hydrogen-bond acceptors (Lipinski definition) is 5. The molecule has 0 aliphatic rings. The molecule has 0 radical (unpaired) electrons. The number of carbonyl (C=O) groups is 1. The van der Waals surface area contributed by atoms with E-state index in [0.29, 0.717) is 17.1 Å². The fourth-order valence-electron chi connectivity index (χ4n) is 1.51. The minimum Gasteiger partial charge on any atom is -0.459 e. The Kier molecular flexibility index (Phi) is 3.76. The summed E-state index contributed by atoms with van der Waals surface area (Å²) in [6.45, 7) is 3.95. The molecule has 2 rings (SSSR count). The van der Waals surface area contributed by atoms with Crippen molar-refractivity contribution in [1.29, 1.82) is 0 Å². The van der Waals surface area contributed by atoms with E-state index in [9.17, 15) is 9.59 Å². The third-order valence-electron chi connectivity index (χ3n) is 2.31. The summed E-state index contributed by atoms with van der Waals surface area (Å²) in [5.74, 6) is -0.00552. The maximum absolute atomic E-state index is 11.7. The van der Waals surface area contributed by atoms with E-state index in [2.05, 4.69) is 4.98 Å². The number of ether oxygens (including phenoxy) is 1. The van der Waals surface area contributed by atoms with Crippen molar-refractivity contribution in [3.05, 3.63) is 33.7 Å². The van der Waals surface area contributed by atoms with Crippen LogP contribution in [0.25, 0.3) is 4.96 Å². The molecule has 2 heterocycles. The molecule has 96 valence electrons. The third kappa shape index (κ3) is 2.95. The molecule has 0 atom stereocenters. The van der Waals surface area contributed by atoms with Gasteiger partial charge in [-0.25, -0.2) is 4.98 Å². The molecule has 0 bridgehead atoms. The van der Waals surface area contributed by atoms with Crippen molar-refractivity contribution in [2.45, 2.75) is 26.9 Å². The van der Waals surface area contributed by atoms with Crippen molar-refractivity contribution >= 4 is 22.3 Å². The van der Waals surface area contributed by atoms with Crippen LogP contribution in [0.1, 0.15) is 26.0 Å². The van der Waals surface area contributed by atoms with E-state index in [1.807, 2.05) is 13.8 Å². The van der Waals surface area contributed by atoms with Crippen LogP contribution in [0, 0.1) is 5.92 Å². The number of nitrogens with zero attached hydrogens (tertiary/aromatic N) is 2. The number of fused-ring (bicyclic) bond motifs is 1. The third-order valence-corrected chi connectivity index (χ3v) is 3.07. The molecule has 0 spiro atoms. The van der Waals surface area contributed by atoms with Crippen LogP contribution in [0.4, 0.5) is 0 Å². The molecule has 0 N–H and O–H groups in total. The highest BCUT2D eigenvalue weighted by molar-refractivity contribution is 7.15. The first-order chi connectivity index (χ1) is 8.56. The maximum Gasteiger partial charge on any atom is 0.306 e. The van der Waals surface area contributed by atoms with Crippen LogP contribution in [-0.2, 0) is 16.1 Å². The van der Waals surface area contributed by atoms with Crippen LogP contribution in [-0.4, -0.2) is 15.4 Å². The normalized spacial score (nSPS) is 11.1. The van der Waals surface area contributed by atoms with Gasteiger partial charge in [-0.3, -0.25) is 14.0 Å². The Balaban J connectivity index is 2.08. The molecule has 6 heteroatoms. The van der Waals surface area contributed by atoms with E-state index in [0.717, 1.165) is 0 Å². The predicted molar refractivity (Wildman–Crippen MR) is 68.6 cm³/mol. The van der Waals surface area contributed by atoms with Gasteiger partial charge in [0.2, 0.25) is 0 Å². The van der Waals surface area contributed by atoms with Crippen LogP contribution >= 0.6 is 11.3 Å². The largest absolute Gasteiger partial charge is 0.459 e. The van der Waals surface area contributed by atoms with Crippen LogP contribution < -0.4 is 5.56 Å². The number of esters is 1. The molecule has 0 amide bonds. The smallest absolute Gasteiger partial charge is 0.306 e. The predicted octanol–water partition coefficient (Wildman–Crippen LogP) is 1.85. The number of aromatic nitrogens is 2. The van der Waals surface area contributed by atoms with Gasteiger partial charge < -0.3 is 4.74 Å². The lowest BCUT2D eigenvalue weighted by Gasteiger charge is -2.06. The van der Waals surface area contributed by atoms with E-state index < -0.39 is 0 Å². The van der Waals surface area contributed by atoms with Crippen molar-refractivity contribution in [3.8, 4) is 0 Å². The average Bonchev–Trinajstić information content (AvgIpc) is 2.74. The summed E-state index contributed by atoms with van der Waals surface area (Å²) in [6, 6.07) is 1.39. The van der Waals surface area contributed by atoms with Gasteiger partial charge in [0.05, 0.1) is 5.69 Å². The van der Waals surface area contributed by atoms with Gasteiger partial charge >= 0.3 is 5.97 Å². The summed E-state index contributed by atoms with van der Waals surface area (Å²) in [4.78, 5) is 27.9. The summed E-state index contributed by atoms with van der Waals surface area (Å²) in [6.07, 6.45) is 2.05. The molecular weight excluding hydrogens is 252 g/mol. The fraction of sp³-hybridized carbons (Fsp3) is 0.417. The van der Waals surface area contributed by atoms with Crippen LogP contribution in [0.15, 0.2) is 22.4 Å². The first kappa shape index (κ1) is 12.8. The molecule has 0 fully saturated rings. The van der Waals surface area contributed by atoms with Gasteiger partial charge in [-0.05, 0) is 5.92 Å². The molecule has 5 nitrogen and oxygen atoms in total. The van der Waals surface area contributed by atoms with Crippen LogP contribution in [0.3, 0.4) is 0 Å². The average molecular weight is 266 g/mol. The maximum atomic E-state index is 11.7. The minimum absolute atomic E-state index is 0.0508. The molecular formula is C12H14N2O3S. The summed E-state index contributed by atoms with van der Waals surface area (Å²) in [7, 11) is 0. The minimum atomic E-state index is -0.266. The molecule has 0 unspecified atom stereocenters. The fourth-order valence-corrected chi connectivity index (χ4v) is 2.25. The molecule has 2 aromatic heterocycles. The summed E-state index contributed by atoms with van der Waals surface area (Å²) < 4.78 is 6.54. The second-order valence-corrected chi connectivity index (χ2v) is 5.27. The Morgan fingerprint density at radius 3 is 3.06 bits per heavy atom. The van der Waals surface area contributed by atoms with E-state index >= 15 is 0 Å². The monoisotopic (exact) mass is 266 g/mol. The molecule has 0 aliphatic heterocycles. The molecule has 2 aromatic rings. The zero-order valence-electron chi connectivity index (χ0n) is 10.3. The number of thiazole rings is 1. The molecule has 0 aliphatic carbocycles. The Labute approximate surface area is 108 Å². The quantitative estimate of drug-likeness (QED) is 0.792. The Hall–Kier alpha value is -1.69. The lowest BCUT2D eigenvalue weighted by atomic mass is 10.1. The van der Waals surface area contributed by atoms with Gasteiger partial charge in [0.25, 0.3) is 5.56 Å². The first-order valence-corrected chi connectivity index (χ1v) is 6.55. The Morgan fingerprint density at radius 1 is 1.56 bits per heavy atom. The van der Waals surface area contributed by atoms with E-state index in [-0.39, 0.29) is 24.1 Å². The van der Waals surface area contributed by atoms with Crippen molar-refractivity contribution in [1.82, 2.24) is 9.38 Å². The zero-order chi connectivity index (χ0) is 13.1. The second-order valence-electron chi connectivity index (χ2n) is 4.40. The van der Waals surface area contributed by atoms with E-state index in [1.165, 1.54) is 21.8 Å². The molecule has 0 aromatic carbocycles. The number of carbonyl (C=O) groups excluding carboxylic acids is 1. The van der Waals surface area contributed by atoms with Gasteiger partial charge in [0.15, 0.2) is 4.96 Å². The highest BCUT2D eigenvalue weighted by Gasteiger charge is 2.08. The topological polar surface area (TPSA) is 60.7 Å². The Morgan fingerprint density at radius 2 is 2.33 bits per heavy atom. The van der Waals surface area contributed by atoms with E-state index in [1.54, 1.807) is 11.6 Å². The standard InChI is InChI=1S/C12H14N2O3S/c1-8(2)5-11(16)17-7-9-6-10(15)14-3-4-18-12(14)13-9/h3-4,6,8H,5,7H2,1-2H3. The lowest BCUT2D eigenvalue weighted by Crippen LogP contribution is -2.15. The van der Waals surface area contributed by atoms with Gasteiger partial charge in [-0.2, -0.15) is 0 Å². The van der Waals surface area contributed by atoms with Gasteiger partial charge in [0, 0.05) is 24.1 Å². The van der Waals surface area contributed by atoms with Gasteiger partial charge in [-0.1, -0.05) is 13.8 Å². The van der Waals surface area contributed by atoms with Crippen LogP contribution in [0.2, 0.25) is 0 Å². The van der Waals surface area contributed by atoms with Crippen molar-refractivity contribution in [2.75, 3.05) is 0 Å². The second kappa shape index (κ2) is 5.30. The number of rotatable bonds is 4. The Bertz CT molecular complexity index is 615. The highest BCUT2D eigenvalue weighted by atomic mass is 32.1. The molecule has 0 saturated heterocycles. The van der Waals surface area contributed by atoms with Crippen molar-refractivity contribution in [2.24, 2.45) is 5.92 Å². The molecule has 0 saturated carbocycles. The summed E-state index contributed by atoms with van der Waals surface area (Å²) in [5.41, 5.74) is 0.329. The first-order valence-electron chi connectivity index (χ1n) is 5.67. The summed E-state index contributed by atoms with van der Waals surface area (Å²) in [5, 5.41) is 1.79. The van der Waals surface area contributed by atoms with Gasteiger partial charge in [0.1, 0.15) is 6.61 Å². The zero-order valence-corrected chi connectivity index (χ0v) is 11.1. The SMILES string of the molecule is CC(C)CC(=O)OCc1cc(=O)n2ccsc2n1. The van der Waals surface area contributed by atoms with Crippen molar-refractivity contribution < 1.29 is 9.53 Å². The van der Waals surface area contributed by atoms with Crippen LogP contribution in [0.5, 0.6) is 0 Å².